The van der Waals surface area contributed by atoms with Crippen molar-refractivity contribution in [3.8, 4) is 11.1 Å². The smallest absolute Gasteiger partial charge is 0.147 e. The van der Waals surface area contributed by atoms with Gasteiger partial charge >= 0.3 is 0 Å². The van der Waals surface area contributed by atoms with Crippen LogP contribution in [0.5, 0.6) is 0 Å². The Kier molecular flexibility index (Phi) is 3.76. The van der Waals surface area contributed by atoms with Crippen LogP contribution in [0, 0.1) is 5.82 Å². The second-order valence-electron chi connectivity index (χ2n) is 5.61. The van der Waals surface area contributed by atoms with Crippen molar-refractivity contribution in [1.82, 2.24) is 9.88 Å². The van der Waals surface area contributed by atoms with E-state index in [1.165, 1.54) is 0 Å². The highest BCUT2D eigenvalue weighted by Crippen LogP contribution is 2.28. The first-order valence-electron chi connectivity index (χ1n) is 7.15. The molecule has 3 aromatic rings. The summed E-state index contributed by atoms with van der Waals surface area (Å²) in [6.45, 7) is 0.949. The summed E-state index contributed by atoms with van der Waals surface area (Å²) in [6.07, 6.45) is 2.83. The zero-order chi connectivity index (χ0) is 14.8. The zero-order valence-corrected chi connectivity index (χ0v) is 12.4. The number of aromatic nitrogens is 1. The molecule has 0 spiro atoms. The van der Waals surface area contributed by atoms with Gasteiger partial charge in [-0.25, -0.2) is 4.39 Å². The Morgan fingerprint density at radius 1 is 1.05 bits per heavy atom. The normalized spacial score (nSPS) is 11.4. The fourth-order valence-electron chi connectivity index (χ4n) is 2.59. The minimum absolute atomic E-state index is 0.192. The lowest BCUT2D eigenvalue weighted by molar-refractivity contribution is 0.414. The molecule has 0 saturated heterocycles. The van der Waals surface area contributed by atoms with Gasteiger partial charge in [-0.3, -0.25) is 0 Å². The van der Waals surface area contributed by atoms with Crippen molar-refractivity contribution in [2.75, 3.05) is 20.6 Å². The van der Waals surface area contributed by atoms with Crippen LogP contribution in [0.2, 0.25) is 0 Å². The Morgan fingerprint density at radius 3 is 2.52 bits per heavy atom. The van der Waals surface area contributed by atoms with E-state index >= 15 is 0 Å². The molecule has 1 N–H and O–H groups in total. The van der Waals surface area contributed by atoms with Gasteiger partial charge in [-0.2, -0.15) is 0 Å². The van der Waals surface area contributed by atoms with Gasteiger partial charge in [0.25, 0.3) is 0 Å². The van der Waals surface area contributed by atoms with Crippen LogP contribution in [0.25, 0.3) is 22.0 Å². The first kappa shape index (κ1) is 13.8. The fourth-order valence-corrected chi connectivity index (χ4v) is 2.59. The number of likely N-dealkylation sites (N-methyl/N-ethyl adjacent to an activating group) is 1. The van der Waals surface area contributed by atoms with Crippen LogP contribution in [0.3, 0.4) is 0 Å². The van der Waals surface area contributed by atoms with E-state index in [9.17, 15) is 4.39 Å². The van der Waals surface area contributed by atoms with Gasteiger partial charge in [0, 0.05) is 18.1 Å². The molecule has 2 aromatic carbocycles. The molecule has 1 heterocycles. The van der Waals surface area contributed by atoms with E-state index in [4.69, 9.17) is 0 Å². The number of hydrogen-bond donors (Lipinski definition) is 1. The monoisotopic (exact) mass is 282 g/mol. The molecule has 2 nitrogen and oxygen atoms in total. The topological polar surface area (TPSA) is 19.0 Å². The molecule has 1 aromatic heterocycles. The van der Waals surface area contributed by atoms with Crippen molar-refractivity contribution in [1.29, 1.82) is 0 Å². The Labute approximate surface area is 124 Å². The minimum atomic E-state index is -0.192. The minimum Gasteiger partial charge on any atom is -0.359 e. The molecule has 0 radical (unpaired) electrons. The van der Waals surface area contributed by atoms with E-state index in [1.54, 1.807) is 6.07 Å². The van der Waals surface area contributed by atoms with Crippen molar-refractivity contribution >= 4 is 10.9 Å². The predicted molar refractivity (Wildman–Crippen MR) is 86.0 cm³/mol. The molecule has 21 heavy (non-hydrogen) atoms. The summed E-state index contributed by atoms with van der Waals surface area (Å²) in [6, 6.07) is 13.6. The molecule has 108 valence electrons. The van der Waals surface area contributed by atoms with Crippen molar-refractivity contribution in [3.63, 3.8) is 0 Å². The summed E-state index contributed by atoms with van der Waals surface area (Å²) in [5.74, 6) is -0.192. The second kappa shape index (κ2) is 5.70. The Bertz CT molecular complexity index is 745. The molecule has 3 rings (SSSR count). The van der Waals surface area contributed by atoms with E-state index in [1.807, 2.05) is 50.6 Å². The molecule has 0 fully saturated rings. The number of benzene rings is 2. The first-order chi connectivity index (χ1) is 10.1. The maximum atomic E-state index is 14.3. The molecule has 0 aliphatic rings. The van der Waals surface area contributed by atoms with Crippen LogP contribution in [0.1, 0.15) is 5.56 Å². The van der Waals surface area contributed by atoms with Crippen LogP contribution in [0.4, 0.5) is 4.39 Å². The van der Waals surface area contributed by atoms with Crippen molar-refractivity contribution in [3.05, 3.63) is 60.0 Å². The third-order valence-electron chi connectivity index (χ3n) is 3.76. The Morgan fingerprint density at radius 2 is 1.81 bits per heavy atom. The highest BCUT2D eigenvalue weighted by Gasteiger charge is 2.11. The SMILES string of the molecule is CN(C)CCc1c[nH]c2c(F)cc(-c3ccccc3)cc12. The lowest BCUT2D eigenvalue weighted by Crippen LogP contribution is -2.14. The highest BCUT2D eigenvalue weighted by molar-refractivity contribution is 5.88. The molecule has 0 aliphatic heterocycles. The van der Waals surface area contributed by atoms with Crippen LogP contribution in [0.15, 0.2) is 48.7 Å². The van der Waals surface area contributed by atoms with Crippen molar-refractivity contribution < 1.29 is 4.39 Å². The van der Waals surface area contributed by atoms with E-state index in [-0.39, 0.29) is 5.82 Å². The van der Waals surface area contributed by atoms with E-state index in [0.717, 1.165) is 35.0 Å². The third kappa shape index (κ3) is 2.83. The molecule has 0 aliphatic carbocycles. The van der Waals surface area contributed by atoms with Crippen LogP contribution < -0.4 is 0 Å². The number of nitrogens with zero attached hydrogens (tertiary/aromatic N) is 1. The van der Waals surface area contributed by atoms with Crippen LogP contribution in [-0.2, 0) is 6.42 Å². The highest BCUT2D eigenvalue weighted by atomic mass is 19.1. The molecule has 0 bridgehead atoms. The number of nitrogens with one attached hydrogen (secondary N) is 1. The quantitative estimate of drug-likeness (QED) is 0.764. The molecule has 0 atom stereocenters. The Hall–Kier alpha value is -2.13. The van der Waals surface area contributed by atoms with Gasteiger partial charge in [0.05, 0.1) is 5.52 Å². The lowest BCUT2D eigenvalue weighted by atomic mass is 10.0. The van der Waals surface area contributed by atoms with E-state index in [2.05, 4.69) is 16.0 Å². The summed E-state index contributed by atoms with van der Waals surface area (Å²) in [7, 11) is 4.09. The number of aromatic amines is 1. The van der Waals surface area contributed by atoms with E-state index in [0.29, 0.717) is 5.52 Å². The summed E-state index contributed by atoms with van der Waals surface area (Å²) >= 11 is 0. The third-order valence-corrected chi connectivity index (χ3v) is 3.76. The van der Waals surface area contributed by atoms with E-state index < -0.39 is 0 Å². The van der Waals surface area contributed by atoms with Gasteiger partial charge in [0.15, 0.2) is 0 Å². The summed E-state index contributed by atoms with van der Waals surface area (Å²) in [4.78, 5) is 5.20. The van der Waals surface area contributed by atoms with Crippen molar-refractivity contribution in [2.24, 2.45) is 0 Å². The maximum absolute atomic E-state index is 14.3. The average Bonchev–Trinajstić information content (AvgIpc) is 2.89. The molecule has 0 saturated carbocycles. The number of halogens is 1. The molecule has 0 amide bonds. The number of fused-ring (bicyclic) bond motifs is 1. The van der Waals surface area contributed by atoms with Crippen LogP contribution >= 0.6 is 0 Å². The fraction of sp³-hybridized carbons (Fsp3) is 0.222. The molecule has 3 heteroatoms. The largest absolute Gasteiger partial charge is 0.359 e. The molecular formula is C18H19FN2. The molecular weight excluding hydrogens is 263 g/mol. The Balaban J connectivity index is 2.06. The number of rotatable bonds is 4. The summed E-state index contributed by atoms with van der Waals surface area (Å²) < 4.78 is 14.3. The van der Waals surface area contributed by atoms with Gasteiger partial charge in [-0.1, -0.05) is 30.3 Å². The average molecular weight is 282 g/mol. The molecule has 0 unspecified atom stereocenters. The first-order valence-corrected chi connectivity index (χ1v) is 7.15. The van der Waals surface area contributed by atoms with Crippen molar-refractivity contribution in [2.45, 2.75) is 6.42 Å². The second-order valence-corrected chi connectivity index (χ2v) is 5.61. The summed E-state index contributed by atoms with van der Waals surface area (Å²) in [5, 5.41) is 0.982. The van der Waals surface area contributed by atoms with Gasteiger partial charge in [0.2, 0.25) is 0 Å². The maximum Gasteiger partial charge on any atom is 0.147 e. The van der Waals surface area contributed by atoms with Crippen LogP contribution in [-0.4, -0.2) is 30.5 Å². The van der Waals surface area contributed by atoms with Gasteiger partial charge in [-0.15, -0.1) is 0 Å². The number of H-pyrrole nitrogens is 1. The standard InChI is InChI=1S/C18H19FN2/c1-21(2)9-8-14-12-20-18-16(14)10-15(11-17(18)19)13-6-4-3-5-7-13/h3-7,10-12,20H,8-9H2,1-2H3. The van der Waals surface area contributed by atoms with Gasteiger partial charge in [-0.05, 0) is 49.3 Å². The van der Waals surface area contributed by atoms with Gasteiger partial charge < -0.3 is 9.88 Å². The summed E-state index contributed by atoms with van der Waals surface area (Å²) in [5.41, 5.74) is 3.73. The number of hydrogen-bond acceptors (Lipinski definition) is 1. The predicted octanol–water partition coefficient (Wildman–Crippen LogP) is 4.08. The zero-order valence-electron chi connectivity index (χ0n) is 12.4. The lowest BCUT2D eigenvalue weighted by Gasteiger charge is -2.09. The van der Waals surface area contributed by atoms with Gasteiger partial charge in [0.1, 0.15) is 5.82 Å².